The van der Waals surface area contributed by atoms with Crippen LogP contribution in [0.4, 0.5) is 10.6 Å². The molecule has 5 rings (SSSR count). The summed E-state index contributed by atoms with van der Waals surface area (Å²) in [5, 5.41) is 4.38. The number of amides is 1. The van der Waals surface area contributed by atoms with Gasteiger partial charge in [0.05, 0.1) is 21.3 Å². The number of hydrogen-bond acceptors (Lipinski definition) is 9. The third-order valence-electron chi connectivity index (χ3n) is 7.17. The topological polar surface area (TPSA) is 129 Å². The van der Waals surface area contributed by atoms with Gasteiger partial charge in [0, 0.05) is 19.0 Å². The second-order valence-corrected chi connectivity index (χ2v) is 12.8. The number of rotatable bonds is 8. The molecule has 0 radical (unpaired) electrons. The van der Waals surface area contributed by atoms with Gasteiger partial charge in [-0.2, -0.15) is 0 Å². The first-order valence-electron chi connectivity index (χ1n) is 13.7. The quantitative estimate of drug-likeness (QED) is 0.254. The number of methoxy groups -OCH3 is 3. The van der Waals surface area contributed by atoms with Crippen LogP contribution in [0.15, 0.2) is 64.0 Å². The molecule has 1 fully saturated rings. The maximum Gasteiger partial charge on any atom is 0.410 e. The van der Waals surface area contributed by atoms with E-state index in [1.54, 1.807) is 17.0 Å². The van der Waals surface area contributed by atoms with E-state index < -0.39 is 15.6 Å². The molecule has 1 atom stereocenters. The predicted molar refractivity (Wildman–Crippen MR) is 162 cm³/mol. The number of likely N-dealkylation sites (tertiary alicyclic amines) is 1. The number of aromatic nitrogens is 1. The SMILES string of the molecule is COc1cccc(OC)c1S(=O)(=O)Nc1noc2cc(-c3cccc(C4CCN(C(=O)OC(C)(C)C)C4)c3)cc(OC)c12. The summed E-state index contributed by atoms with van der Waals surface area (Å²) in [7, 11) is 0.0500. The lowest BCUT2D eigenvalue weighted by atomic mass is 9.94. The summed E-state index contributed by atoms with van der Waals surface area (Å²) in [5.74, 6) is 0.737. The molecule has 3 aromatic carbocycles. The van der Waals surface area contributed by atoms with Crippen molar-refractivity contribution in [2.75, 3.05) is 39.1 Å². The molecular formula is C31H35N3O8S. The van der Waals surface area contributed by atoms with Crippen LogP contribution >= 0.6 is 0 Å². The molecule has 2 heterocycles. The van der Waals surface area contributed by atoms with Gasteiger partial charge in [-0.15, -0.1) is 0 Å². The molecule has 228 valence electrons. The van der Waals surface area contributed by atoms with Gasteiger partial charge in [-0.3, -0.25) is 4.72 Å². The van der Waals surface area contributed by atoms with Crippen molar-refractivity contribution in [1.82, 2.24) is 10.1 Å². The number of carbonyl (C=O) groups excluding carboxylic acids is 1. The molecule has 0 saturated carbocycles. The highest BCUT2D eigenvalue weighted by atomic mass is 32.2. The fourth-order valence-corrected chi connectivity index (χ4v) is 6.52. The minimum Gasteiger partial charge on any atom is -0.496 e. The lowest BCUT2D eigenvalue weighted by molar-refractivity contribution is 0.0292. The van der Waals surface area contributed by atoms with Gasteiger partial charge in [0.2, 0.25) is 0 Å². The first kappa shape index (κ1) is 30.0. The molecule has 1 N–H and O–H groups in total. The summed E-state index contributed by atoms with van der Waals surface area (Å²) >= 11 is 0. The van der Waals surface area contributed by atoms with Crippen LogP contribution in [0.2, 0.25) is 0 Å². The smallest absolute Gasteiger partial charge is 0.410 e. The summed E-state index contributed by atoms with van der Waals surface area (Å²) in [6.07, 6.45) is 0.524. The molecule has 1 unspecified atom stereocenters. The van der Waals surface area contributed by atoms with E-state index in [9.17, 15) is 13.2 Å². The molecule has 0 bridgehead atoms. The number of nitrogens with one attached hydrogen (secondary N) is 1. The van der Waals surface area contributed by atoms with Crippen LogP contribution in [0.1, 0.15) is 38.7 Å². The van der Waals surface area contributed by atoms with Crippen molar-refractivity contribution >= 4 is 32.9 Å². The Morgan fingerprint density at radius 3 is 2.28 bits per heavy atom. The molecule has 11 nitrogen and oxygen atoms in total. The van der Waals surface area contributed by atoms with Gasteiger partial charge in [0.25, 0.3) is 10.0 Å². The van der Waals surface area contributed by atoms with Crippen molar-refractivity contribution in [3.8, 4) is 28.4 Å². The number of fused-ring (bicyclic) bond motifs is 1. The van der Waals surface area contributed by atoms with Crippen molar-refractivity contribution in [1.29, 1.82) is 0 Å². The van der Waals surface area contributed by atoms with Crippen LogP contribution in [-0.4, -0.2) is 64.6 Å². The van der Waals surface area contributed by atoms with Crippen LogP contribution in [0.25, 0.3) is 22.1 Å². The third kappa shape index (κ3) is 6.19. The van der Waals surface area contributed by atoms with Gasteiger partial charge in [0.1, 0.15) is 28.2 Å². The molecule has 1 aliphatic heterocycles. The molecule has 0 spiro atoms. The normalized spacial score (nSPS) is 15.4. The van der Waals surface area contributed by atoms with Crippen LogP contribution in [0.3, 0.4) is 0 Å². The Hall–Kier alpha value is -4.45. The number of anilines is 1. The second-order valence-electron chi connectivity index (χ2n) is 11.2. The summed E-state index contributed by atoms with van der Waals surface area (Å²) in [4.78, 5) is 14.2. The maximum atomic E-state index is 13.5. The van der Waals surface area contributed by atoms with Gasteiger partial charge < -0.3 is 28.4 Å². The van der Waals surface area contributed by atoms with Gasteiger partial charge in [-0.1, -0.05) is 35.5 Å². The lowest BCUT2D eigenvalue weighted by Crippen LogP contribution is -2.35. The highest BCUT2D eigenvalue weighted by Crippen LogP contribution is 2.40. The predicted octanol–water partition coefficient (Wildman–Crippen LogP) is 6.05. The zero-order valence-electron chi connectivity index (χ0n) is 25.0. The first-order valence-corrected chi connectivity index (χ1v) is 15.2. The summed E-state index contributed by atoms with van der Waals surface area (Å²) in [5.41, 5.74) is 2.59. The van der Waals surface area contributed by atoms with Crippen molar-refractivity contribution < 1.29 is 36.7 Å². The van der Waals surface area contributed by atoms with E-state index in [2.05, 4.69) is 22.0 Å². The van der Waals surface area contributed by atoms with Crippen LogP contribution in [0.5, 0.6) is 17.2 Å². The van der Waals surface area contributed by atoms with Crippen molar-refractivity contribution in [3.05, 3.63) is 60.2 Å². The minimum absolute atomic E-state index is 0.0340. The highest BCUT2D eigenvalue weighted by molar-refractivity contribution is 7.93. The largest absolute Gasteiger partial charge is 0.496 e. The number of ether oxygens (including phenoxy) is 4. The Labute approximate surface area is 250 Å². The van der Waals surface area contributed by atoms with Gasteiger partial charge in [-0.05, 0) is 68.1 Å². The summed E-state index contributed by atoms with van der Waals surface area (Å²) in [6.45, 7) is 6.77. The number of sulfonamides is 1. The van der Waals surface area contributed by atoms with E-state index in [1.165, 1.54) is 33.5 Å². The van der Waals surface area contributed by atoms with E-state index in [-0.39, 0.29) is 34.2 Å². The average molecular weight is 610 g/mol. The Morgan fingerprint density at radius 2 is 1.63 bits per heavy atom. The molecule has 4 aromatic rings. The van der Waals surface area contributed by atoms with E-state index in [0.29, 0.717) is 29.8 Å². The lowest BCUT2D eigenvalue weighted by Gasteiger charge is -2.24. The fourth-order valence-electron chi connectivity index (χ4n) is 5.19. The van der Waals surface area contributed by atoms with Gasteiger partial charge in [0.15, 0.2) is 16.3 Å². The molecular weight excluding hydrogens is 574 g/mol. The monoisotopic (exact) mass is 609 g/mol. The van der Waals surface area contributed by atoms with Crippen molar-refractivity contribution in [2.45, 2.75) is 43.6 Å². The second kappa shape index (κ2) is 11.7. The Balaban J connectivity index is 1.44. The first-order chi connectivity index (χ1) is 20.4. The molecule has 1 saturated heterocycles. The Bertz CT molecular complexity index is 1740. The van der Waals surface area contributed by atoms with E-state index >= 15 is 0 Å². The Kier molecular flexibility index (Phi) is 8.15. The summed E-state index contributed by atoms with van der Waals surface area (Å²) < 4.78 is 56.8. The average Bonchev–Trinajstić information content (AvgIpc) is 3.63. The molecule has 1 amide bonds. The van der Waals surface area contributed by atoms with Crippen molar-refractivity contribution in [3.63, 3.8) is 0 Å². The minimum atomic E-state index is -4.20. The third-order valence-corrected chi connectivity index (χ3v) is 8.57. The number of carbonyl (C=O) groups is 1. The van der Waals surface area contributed by atoms with Gasteiger partial charge >= 0.3 is 6.09 Å². The van der Waals surface area contributed by atoms with Crippen LogP contribution < -0.4 is 18.9 Å². The highest BCUT2D eigenvalue weighted by Gasteiger charge is 2.31. The van der Waals surface area contributed by atoms with E-state index in [0.717, 1.165) is 23.1 Å². The molecule has 1 aliphatic rings. The maximum absolute atomic E-state index is 13.5. The molecule has 1 aromatic heterocycles. The number of benzene rings is 3. The molecule has 12 heteroatoms. The zero-order valence-corrected chi connectivity index (χ0v) is 25.8. The van der Waals surface area contributed by atoms with Crippen LogP contribution in [0, 0.1) is 0 Å². The van der Waals surface area contributed by atoms with Crippen LogP contribution in [-0.2, 0) is 14.8 Å². The van der Waals surface area contributed by atoms with E-state index in [4.69, 9.17) is 23.5 Å². The van der Waals surface area contributed by atoms with Gasteiger partial charge in [-0.25, -0.2) is 13.2 Å². The van der Waals surface area contributed by atoms with E-state index in [1.807, 2.05) is 39.0 Å². The van der Waals surface area contributed by atoms with Crippen molar-refractivity contribution in [2.24, 2.45) is 0 Å². The number of nitrogens with zero attached hydrogens (tertiary/aromatic N) is 2. The Morgan fingerprint density at radius 1 is 0.953 bits per heavy atom. The molecule has 43 heavy (non-hydrogen) atoms. The zero-order chi connectivity index (χ0) is 30.9. The molecule has 0 aliphatic carbocycles. The summed E-state index contributed by atoms with van der Waals surface area (Å²) in [6, 6.07) is 16.4. The standard InChI is InChI=1S/C31H35N3O8S/c1-31(2,3)41-30(35)34-14-13-21(18-34)19-9-7-10-20(15-19)22-16-25(40-6)27-26(17-22)42-32-29(27)33-43(36,37)28-23(38-4)11-8-12-24(28)39-5/h7-12,15-17,21H,13-14,18H2,1-6H3,(H,32,33). The number of hydrogen-bond donors (Lipinski definition) is 1. The fraction of sp³-hybridized carbons (Fsp3) is 0.355.